The fourth-order valence-electron chi connectivity index (χ4n) is 1.54. The Hall–Kier alpha value is -1.92. The van der Waals surface area contributed by atoms with Gasteiger partial charge in [0.1, 0.15) is 12.2 Å². The zero-order chi connectivity index (χ0) is 16.3. The van der Waals surface area contributed by atoms with Gasteiger partial charge in [-0.3, -0.25) is 9.59 Å². The standard InChI is InChI=1S/C14H25N5O2/c1-13(2,3)12(21)15-7-10-8-19(18-17-10)9-11(20)16-14(4,5)6/h8H,7,9H2,1-6H3,(H,15,21)(H,16,20). The molecule has 2 amide bonds. The van der Waals surface area contributed by atoms with Crippen LogP contribution in [0.1, 0.15) is 47.2 Å². The Morgan fingerprint density at radius 2 is 1.81 bits per heavy atom. The summed E-state index contributed by atoms with van der Waals surface area (Å²) in [7, 11) is 0. The first kappa shape index (κ1) is 17.1. The van der Waals surface area contributed by atoms with Crippen molar-refractivity contribution in [1.29, 1.82) is 0 Å². The summed E-state index contributed by atoms with van der Waals surface area (Å²) >= 11 is 0. The molecule has 7 nitrogen and oxygen atoms in total. The highest BCUT2D eigenvalue weighted by molar-refractivity contribution is 5.81. The minimum atomic E-state index is -0.442. The van der Waals surface area contributed by atoms with Crippen molar-refractivity contribution in [2.24, 2.45) is 5.41 Å². The third-order valence-electron chi connectivity index (χ3n) is 2.52. The first-order valence-electron chi connectivity index (χ1n) is 6.96. The van der Waals surface area contributed by atoms with E-state index in [1.165, 1.54) is 4.68 Å². The molecule has 0 atom stereocenters. The molecule has 0 aliphatic carbocycles. The lowest BCUT2D eigenvalue weighted by atomic mass is 9.96. The van der Waals surface area contributed by atoms with E-state index in [-0.39, 0.29) is 23.9 Å². The van der Waals surface area contributed by atoms with E-state index in [9.17, 15) is 9.59 Å². The van der Waals surface area contributed by atoms with Gasteiger partial charge >= 0.3 is 0 Å². The molecule has 0 unspecified atom stereocenters. The molecule has 0 aromatic carbocycles. The van der Waals surface area contributed by atoms with E-state index >= 15 is 0 Å². The van der Waals surface area contributed by atoms with Crippen LogP contribution in [0.3, 0.4) is 0 Å². The summed E-state index contributed by atoms with van der Waals surface area (Å²) in [5.74, 6) is -0.180. The van der Waals surface area contributed by atoms with Crippen molar-refractivity contribution in [1.82, 2.24) is 25.6 Å². The molecule has 0 saturated carbocycles. The number of nitrogens with one attached hydrogen (secondary N) is 2. The Morgan fingerprint density at radius 3 is 2.33 bits per heavy atom. The number of hydrogen-bond acceptors (Lipinski definition) is 4. The third kappa shape index (κ3) is 6.37. The maximum absolute atomic E-state index is 11.8. The van der Waals surface area contributed by atoms with Crippen LogP contribution in [0.5, 0.6) is 0 Å². The van der Waals surface area contributed by atoms with Crippen LogP contribution < -0.4 is 10.6 Å². The molecular formula is C14H25N5O2. The second kappa shape index (κ2) is 6.24. The van der Waals surface area contributed by atoms with Crippen LogP contribution in [-0.2, 0) is 22.7 Å². The maximum Gasteiger partial charge on any atom is 0.242 e. The van der Waals surface area contributed by atoms with Crippen molar-refractivity contribution in [3.63, 3.8) is 0 Å². The topological polar surface area (TPSA) is 88.9 Å². The van der Waals surface area contributed by atoms with Gasteiger partial charge in [-0.25, -0.2) is 4.68 Å². The lowest BCUT2D eigenvalue weighted by Crippen LogP contribution is -2.42. The molecule has 0 aliphatic heterocycles. The van der Waals surface area contributed by atoms with Gasteiger partial charge in [0.25, 0.3) is 0 Å². The molecule has 2 N–H and O–H groups in total. The molecule has 1 aromatic heterocycles. The lowest BCUT2D eigenvalue weighted by Gasteiger charge is -2.20. The largest absolute Gasteiger partial charge is 0.350 e. The van der Waals surface area contributed by atoms with Crippen LogP contribution in [0, 0.1) is 5.41 Å². The second-order valence-corrected chi connectivity index (χ2v) is 7.14. The number of nitrogens with zero attached hydrogens (tertiary/aromatic N) is 3. The van der Waals surface area contributed by atoms with Crippen molar-refractivity contribution < 1.29 is 9.59 Å². The van der Waals surface area contributed by atoms with E-state index in [1.807, 2.05) is 41.5 Å². The summed E-state index contributed by atoms with van der Waals surface area (Å²) in [5, 5.41) is 13.5. The summed E-state index contributed by atoms with van der Waals surface area (Å²) in [4.78, 5) is 23.5. The summed E-state index contributed by atoms with van der Waals surface area (Å²) < 4.78 is 1.46. The molecule has 7 heteroatoms. The smallest absolute Gasteiger partial charge is 0.242 e. The first-order chi connectivity index (χ1) is 9.47. The van der Waals surface area contributed by atoms with Crippen molar-refractivity contribution in [2.75, 3.05) is 0 Å². The number of hydrogen-bond donors (Lipinski definition) is 2. The van der Waals surface area contributed by atoms with Crippen LogP contribution in [-0.4, -0.2) is 32.3 Å². The minimum Gasteiger partial charge on any atom is -0.350 e. The molecule has 1 aromatic rings. The molecule has 0 spiro atoms. The molecule has 0 radical (unpaired) electrons. The minimum absolute atomic E-state index is 0.0532. The molecule has 0 saturated heterocycles. The van der Waals surface area contributed by atoms with Crippen LogP contribution in [0.15, 0.2) is 6.20 Å². The highest BCUT2D eigenvalue weighted by Crippen LogP contribution is 2.12. The Labute approximate surface area is 125 Å². The van der Waals surface area contributed by atoms with Gasteiger partial charge in [-0.05, 0) is 20.8 Å². The first-order valence-corrected chi connectivity index (χ1v) is 6.96. The molecule has 0 aliphatic rings. The van der Waals surface area contributed by atoms with E-state index in [2.05, 4.69) is 20.9 Å². The summed E-state index contributed by atoms with van der Waals surface area (Å²) in [6, 6.07) is 0. The fraction of sp³-hybridized carbons (Fsp3) is 0.714. The predicted octanol–water partition coefficient (Wildman–Crippen LogP) is 0.855. The third-order valence-corrected chi connectivity index (χ3v) is 2.52. The molecule has 1 heterocycles. The number of aromatic nitrogens is 3. The molecular weight excluding hydrogens is 270 g/mol. The highest BCUT2D eigenvalue weighted by Gasteiger charge is 2.21. The number of carbonyl (C=O) groups is 2. The molecule has 118 valence electrons. The zero-order valence-corrected chi connectivity index (χ0v) is 13.6. The molecule has 21 heavy (non-hydrogen) atoms. The van der Waals surface area contributed by atoms with Crippen molar-refractivity contribution >= 4 is 11.8 Å². The van der Waals surface area contributed by atoms with Crippen molar-refractivity contribution in [3.05, 3.63) is 11.9 Å². The maximum atomic E-state index is 11.8. The molecule has 0 fully saturated rings. The van der Waals surface area contributed by atoms with Crippen LogP contribution in [0.4, 0.5) is 0 Å². The summed E-state index contributed by atoms with van der Waals surface area (Å²) in [6.45, 7) is 11.7. The monoisotopic (exact) mass is 295 g/mol. The van der Waals surface area contributed by atoms with E-state index in [1.54, 1.807) is 6.20 Å². The van der Waals surface area contributed by atoms with Crippen molar-refractivity contribution in [2.45, 2.75) is 60.2 Å². The average molecular weight is 295 g/mol. The average Bonchev–Trinajstić information content (AvgIpc) is 2.69. The van der Waals surface area contributed by atoms with Gasteiger partial charge < -0.3 is 10.6 Å². The highest BCUT2D eigenvalue weighted by atomic mass is 16.2. The van der Waals surface area contributed by atoms with Gasteiger partial charge in [0.05, 0.1) is 12.7 Å². The second-order valence-electron chi connectivity index (χ2n) is 7.14. The lowest BCUT2D eigenvalue weighted by molar-refractivity contribution is -0.128. The number of amides is 2. The predicted molar refractivity (Wildman–Crippen MR) is 79.2 cm³/mol. The van der Waals surface area contributed by atoms with Gasteiger partial charge in [-0.15, -0.1) is 5.10 Å². The van der Waals surface area contributed by atoms with Gasteiger partial charge in [0.2, 0.25) is 11.8 Å². The zero-order valence-electron chi connectivity index (χ0n) is 13.6. The van der Waals surface area contributed by atoms with Gasteiger partial charge in [0.15, 0.2) is 0 Å². The van der Waals surface area contributed by atoms with Gasteiger partial charge in [0, 0.05) is 11.0 Å². The van der Waals surface area contributed by atoms with Crippen LogP contribution in [0.25, 0.3) is 0 Å². The summed E-state index contributed by atoms with van der Waals surface area (Å²) in [6.07, 6.45) is 1.66. The Kier molecular flexibility index (Phi) is 5.09. The molecule has 1 rings (SSSR count). The van der Waals surface area contributed by atoms with Crippen LogP contribution in [0.2, 0.25) is 0 Å². The van der Waals surface area contributed by atoms with Crippen LogP contribution >= 0.6 is 0 Å². The van der Waals surface area contributed by atoms with Gasteiger partial charge in [-0.1, -0.05) is 26.0 Å². The van der Waals surface area contributed by atoms with E-state index < -0.39 is 5.41 Å². The van der Waals surface area contributed by atoms with E-state index in [4.69, 9.17) is 0 Å². The SMILES string of the molecule is CC(C)(C)NC(=O)Cn1cc(CNC(=O)C(C)(C)C)nn1. The Morgan fingerprint density at radius 1 is 1.19 bits per heavy atom. The van der Waals surface area contributed by atoms with Crippen molar-refractivity contribution in [3.8, 4) is 0 Å². The normalized spacial score (nSPS) is 12.1. The van der Waals surface area contributed by atoms with Gasteiger partial charge in [-0.2, -0.15) is 0 Å². The van der Waals surface area contributed by atoms with E-state index in [0.29, 0.717) is 12.2 Å². The summed E-state index contributed by atoms with van der Waals surface area (Å²) in [5.41, 5.74) is -0.0970. The fourth-order valence-corrected chi connectivity index (χ4v) is 1.54. The van der Waals surface area contributed by atoms with E-state index in [0.717, 1.165) is 0 Å². The Bertz CT molecular complexity index is 508. The Balaban J connectivity index is 2.51. The molecule has 0 bridgehead atoms. The number of rotatable bonds is 4. The quantitative estimate of drug-likeness (QED) is 0.862. The number of carbonyl (C=O) groups excluding carboxylic acids is 2.